The zero-order valence-electron chi connectivity index (χ0n) is 15.3. The van der Waals surface area contributed by atoms with E-state index in [2.05, 4.69) is 9.88 Å². The summed E-state index contributed by atoms with van der Waals surface area (Å²) in [6.07, 6.45) is 9.64. The highest BCUT2D eigenvalue weighted by Gasteiger charge is 2.30. The molecule has 1 unspecified atom stereocenters. The number of nitrogens with zero attached hydrogens (tertiary/aromatic N) is 3. The van der Waals surface area contributed by atoms with Crippen LogP contribution in [0.3, 0.4) is 0 Å². The number of piperidine rings is 2. The summed E-state index contributed by atoms with van der Waals surface area (Å²) in [5.41, 5.74) is 0. The molecule has 3 saturated heterocycles. The summed E-state index contributed by atoms with van der Waals surface area (Å²) in [5, 5.41) is 0. The van der Waals surface area contributed by atoms with Crippen LogP contribution in [0.4, 0.5) is 5.82 Å². The van der Waals surface area contributed by atoms with Gasteiger partial charge in [-0.2, -0.15) is 4.31 Å². The molecule has 0 saturated carbocycles. The van der Waals surface area contributed by atoms with Crippen LogP contribution in [0.25, 0.3) is 0 Å². The molecule has 3 aliphatic rings. The Morgan fingerprint density at radius 1 is 0.962 bits per heavy atom. The van der Waals surface area contributed by atoms with Crippen LogP contribution in [0.2, 0.25) is 0 Å². The topological polar surface area (TPSA) is 62.7 Å². The molecule has 0 N–H and O–H groups in total. The molecule has 26 heavy (non-hydrogen) atoms. The SMILES string of the molecule is O=S(=O)(c1ccc(N2CCC(C3CCCO3)CC2)nc1)N1CCCCC1. The lowest BCUT2D eigenvalue weighted by Crippen LogP contribution is -2.38. The van der Waals surface area contributed by atoms with Crippen molar-refractivity contribution in [1.29, 1.82) is 0 Å². The first-order chi connectivity index (χ1) is 12.6. The van der Waals surface area contributed by atoms with Crippen molar-refractivity contribution >= 4 is 15.8 Å². The second-order valence-electron chi connectivity index (χ2n) is 7.69. The van der Waals surface area contributed by atoms with E-state index in [1.54, 1.807) is 10.4 Å². The molecule has 0 aliphatic carbocycles. The van der Waals surface area contributed by atoms with Crippen LogP contribution in [-0.4, -0.2) is 56.6 Å². The molecule has 0 aromatic carbocycles. The van der Waals surface area contributed by atoms with Gasteiger partial charge in [0, 0.05) is 39.0 Å². The van der Waals surface area contributed by atoms with Gasteiger partial charge in [0.2, 0.25) is 10.0 Å². The zero-order valence-corrected chi connectivity index (χ0v) is 16.2. The van der Waals surface area contributed by atoms with E-state index in [1.807, 2.05) is 6.07 Å². The Labute approximate surface area is 156 Å². The number of hydrogen-bond donors (Lipinski definition) is 0. The van der Waals surface area contributed by atoms with E-state index in [-0.39, 0.29) is 0 Å². The molecule has 0 amide bonds. The van der Waals surface area contributed by atoms with Crippen molar-refractivity contribution in [3.8, 4) is 0 Å². The predicted molar refractivity (Wildman–Crippen MR) is 101 cm³/mol. The van der Waals surface area contributed by atoms with E-state index in [0.29, 0.717) is 30.0 Å². The highest BCUT2D eigenvalue weighted by atomic mass is 32.2. The molecule has 0 spiro atoms. The van der Waals surface area contributed by atoms with Crippen molar-refractivity contribution in [2.75, 3.05) is 37.7 Å². The van der Waals surface area contributed by atoms with Crippen molar-refractivity contribution in [1.82, 2.24) is 9.29 Å². The number of aromatic nitrogens is 1. The van der Waals surface area contributed by atoms with Gasteiger partial charge in [-0.3, -0.25) is 0 Å². The molecular weight excluding hydrogens is 350 g/mol. The Kier molecular flexibility index (Phi) is 5.47. The Balaban J connectivity index is 1.38. The Hall–Kier alpha value is -1.18. The fraction of sp³-hybridized carbons (Fsp3) is 0.737. The molecule has 4 heterocycles. The average molecular weight is 380 g/mol. The highest BCUT2D eigenvalue weighted by Crippen LogP contribution is 2.30. The monoisotopic (exact) mass is 379 g/mol. The number of hydrogen-bond acceptors (Lipinski definition) is 5. The molecule has 0 bridgehead atoms. The molecule has 1 atom stereocenters. The fourth-order valence-corrected chi connectivity index (χ4v) is 5.90. The largest absolute Gasteiger partial charge is 0.378 e. The lowest BCUT2D eigenvalue weighted by molar-refractivity contribution is 0.0531. The van der Waals surface area contributed by atoms with E-state index in [4.69, 9.17) is 4.74 Å². The summed E-state index contributed by atoms with van der Waals surface area (Å²) in [5.74, 6) is 1.54. The third-order valence-corrected chi connectivity index (χ3v) is 7.91. The normalized spacial score (nSPS) is 26.3. The lowest BCUT2D eigenvalue weighted by Gasteiger charge is -2.35. The van der Waals surface area contributed by atoms with Gasteiger partial charge in [-0.25, -0.2) is 13.4 Å². The molecule has 144 valence electrons. The van der Waals surface area contributed by atoms with E-state index in [1.165, 1.54) is 19.0 Å². The average Bonchev–Trinajstić information content (AvgIpc) is 3.24. The number of sulfonamides is 1. The maximum Gasteiger partial charge on any atom is 0.244 e. The quantitative estimate of drug-likeness (QED) is 0.805. The highest BCUT2D eigenvalue weighted by molar-refractivity contribution is 7.89. The van der Waals surface area contributed by atoms with Crippen LogP contribution < -0.4 is 4.90 Å². The van der Waals surface area contributed by atoms with Crippen molar-refractivity contribution < 1.29 is 13.2 Å². The van der Waals surface area contributed by atoms with Crippen LogP contribution in [0.15, 0.2) is 23.2 Å². The standard InChI is InChI=1S/C19H29N3O3S/c23-26(24,22-10-2-1-3-11-22)17-6-7-19(20-15-17)21-12-8-16(9-13-21)18-5-4-14-25-18/h6-7,15-16,18H,1-5,8-14H2. The van der Waals surface area contributed by atoms with Crippen LogP contribution in [-0.2, 0) is 14.8 Å². The van der Waals surface area contributed by atoms with Crippen molar-refractivity contribution in [3.05, 3.63) is 18.3 Å². The minimum Gasteiger partial charge on any atom is -0.378 e. The van der Waals surface area contributed by atoms with Gasteiger partial charge in [-0.05, 0) is 56.6 Å². The third-order valence-electron chi connectivity index (χ3n) is 6.03. The van der Waals surface area contributed by atoms with E-state index < -0.39 is 10.0 Å². The maximum absolute atomic E-state index is 12.7. The fourth-order valence-electron chi connectivity index (χ4n) is 4.44. The van der Waals surface area contributed by atoms with Crippen LogP contribution in [0.1, 0.15) is 44.9 Å². The van der Waals surface area contributed by atoms with E-state index in [9.17, 15) is 8.42 Å². The van der Waals surface area contributed by atoms with Gasteiger partial charge in [0.1, 0.15) is 10.7 Å². The maximum atomic E-state index is 12.7. The number of pyridine rings is 1. The van der Waals surface area contributed by atoms with Gasteiger partial charge in [-0.15, -0.1) is 0 Å². The third kappa shape index (κ3) is 3.75. The summed E-state index contributed by atoms with van der Waals surface area (Å²) < 4.78 is 32.9. The summed E-state index contributed by atoms with van der Waals surface area (Å²) in [4.78, 5) is 7.06. The molecule has 4 rings (SSSR count). The van der Waals surface area contributed by atoms with Crippen LogP contribution in [0.5, 0.6) is 0 Å². The van der Waals surface area contributed by atoms with Crippen molar-refractivity contribution in [3.63, 3.8) is 0 Å². The first-order valence-electron chi connectivity index (χ1n) is 9.97. The summed E-state index contributed by atoms with van der Waals surface area (Å²) >= 11 is 0. The Bertz CT molecular complexity index is 687. The minimum absolute atomic E-state index is 0.317. The smallest absolute Gasteiger partial charge is 0.244 e. The number of anilines is 1. The lowest BCUT2D eigenvalue weighted by atomic mass is 9.90. The molecule has 1 aromatic rings. The molecule has 7 heteroatoms. The van der Waals surface area contributed by atoms with Crippen LogP contribution >= 0.6 is 0 Å². The van der Waals surface area contributed by atoms with E-state index >= 15 is 0 Å². The van der Waals surface area contributed by atoms with Gasteiger partial charge >= 0.3 is 0 Å². The molecule has 6 nitrogen and oxygen atoms in total. The summed E-state index contributed by atoms with van der Waals surface area (Å²) in [6, 6.07) is 3.58. The van der Waals surface area contributed by atoms with Gasteiger partial charge in [-0.1, -0.05) is 6.42 Å². The van der Waals surface area contributed by atoms with E-state index in [0.717, 1.165) is 57.6 Å². The molecule has 0 radical (unpaired) electrons. The van der Waals surface area contributed by atoms with Crippen molar-refractivity contribution in [2.24, 2.45) is 5.92 Å². The van der Waals surface area contributed by atoms with Gasteiger partial charge in [0.25, 0.3) is 0 Å². The Morgan fingerprint density at radius 3 is 2.35 bits per heavy atom. The number of rotatable bonds is 4. The summed E-state index contributed by atoms with van der Waals surface area (Å²) in [7, 11) is -3.39. The molecule has 3 aliphatic heterocycles. The summed E-state index contributed by atoms with van der Waals surface area (Å²) in [6.45, 7) is 4.10. The first kappa shape index (κ1) is 18.2. The van der Waals surface area contributed by atoms with Gasteiger partial charge in [0.15, 0.2) is 0 Å². The zero-order chi connectivity index (χ0) is 18.0. The van der Waals surface area contributed by atoms with Gasteiger partial charge in [0.05, 0.1) is 6.10 Å². The van der Waals surface area contributed by atoms with Gasteiger partial charge < -0.3 is 9.64 Å². The minimum atomic E-state index is -3.39. The Morgan fingerprint density at radius 2 is 1.73 bits per heavy atom. The first-order valence-corrected chi connectivity index (χ1v) is 11.4. The van der Waals surface area contributed by atoms with Crippen LogP contribution in [0, 0.1) is 5.92 Å². The predicted octanol–water partition coefficient (Wildman–Crippen LogP) is 2.65. The molecular formula is C19H29N3O3S. The molecule has 1 aromatic heterocycles. The second-order valence-corrected chi connectivity index (χ2v) is 9.63. The van der Waals surface area contributed by atoms with Crippen molar-refractivity contribution in [2.45, 2.75) is 55.9 Å². The number of ether oxygens (including phenoxy) is 1. The second kappa shape index (κ2) is 7.82. The molecule has 3 fully saturated rings.